The number of alkyl halides is 5. The van der Waals surface area contributed by atoms with Gasteiger partial charge in [-0.15, -0.1) is 0 Å². The predicted molar refractivity (Wildman–Crippen MR) is 124 cm³/mol. The molecule has 2 amide bonds. The van der Waals surface area contributed by atoms with Crippen molar-refractivity contribution >= 4 is 11.7 Å². The molecule has 2 aromatic carbocycles. The molecule has 0 bridgehead atoms. The van der Waals surface area contributed by atoms with Crippen molar-refractivity contribution in [2.75, 3.05) is 26.0 Å². The Hall–Kier alpha value is -3.15. The summed E-state index contributed by atoms with van der Waals surface area (Å²) in [7, 11) is 3.33. The quantitative estimate of drug-likeness (QED) is 0.465. The van der Waals surface area contributed by atoms with Crippen LogP contribution in [-0.2, 0) is 11.6 Å². The zero-order valence-corrected chi connectivity index (χ0v) is 20.2. The Labute approximate surface area is 209 Å². The standard InChI is InChI=1S/C25H27F6N3O3/c1-34-11-10-24(14-6-7-18(37-22(27)28)19(12-14)36-2)9-8-15(13-20(24)34)32-23(35)33-17-5-3-4-16(21(17)26)25(29,30)31/h3-7,12,15,20,22H,8-11,13H2,1-2H3,(H2,32,33,35)/t15-,20+,24-/m0/s1. The molecule has 6 nitrogen and oxygen atoms in total. The first-order chi connectivity index (χ1) is 17.4. The number of benzene rings is 2. The van der Waals surface area contributed by atoms with Gasteiger partial charge >= 0.3 is 18.8 Å². The first-order valence-corrected chi connectivity index (χ1v) is 11.7. The highest BCUT2D eigenvalue weighted by Gasteiger charge is 2.50. The molecular weight excluding hydrogens is 504 g/mol. The lowest BCUT2D eigenvalue weighted by Gasteiger charge is -2.45. The fraction of sp³-hybridized carbons (Fsp3) is 0.480. The minimum Gasteiger partial charge on any atom is -0.493 e. The molecule has 4 rings (SSSR count). The number of amides is 2. The van der Waals surface area contributed by atoms with Crippen LogP contribution in [0, 0.1) is 5.82 Å². The molecule has 2 aliphatic rings. The number of likely N-dealkylation sites (tertiary alicyclic amines) is 1. The normalized spacial score (nSPS) is 24.0. The largest absolute Gasteiger partial charge is 0.493 e. The third-order valence-electron chi connectivity index (χ3n) is 7.37. The van der Waals surface area contributed by atoms with Crippen LogP contribution >= 0.6 is 0 Å². The lowest BCUT2D eigenvalue weighted by molar-refractivity contribution is -0.139. The number of halogens is 6. The Balaban J connectivity index is 1.48. The van der Waals surface area contributed by atoms with Gasteiger partial charge in [-0.25, -0.2) is 9.18 Å². The third kappa shape index (κ3) is 5.43. The summed E-state index contributed by atoms with van der Waals surface area (Å²) in [5.41, 5.74) is -1.42. The van der Waals surface area contributed by atoms with E-state index in [2.05, 4.69) is 20.3 Å². The second kappa shape index (κ2) is 10.3. The van der Waals surface area contributed by atoms with Crippen molar-refractivity contribution in [2.24, 2.45) is 0 Å². The van der Waals surface area contributed by atoms with E-state index >= 15 is 0 Å². The van der Waals surface area contributed by atoms with E-state index in [-0.39, 0.29) is 29.0 Å². The van der Waals surface area contributed by atoms with E-state index in [0.717, 1.165) is 30.7 Å². The smallest absolute Gasteiger partial charge is 0.419 e. The van der Waals surface area contributed by atoms with Crippen LogP contribution in [0.4, 0.5) is 36.8 Å². The zero-order valence-electron chi connectivity index (χ0n) is 20.2. The molecule has 1 aliphatic carbocycles. The minimum atomic E-state index is -4.88. The van der Waals surface area contributed by atoms with Crippen molar-refractivity contribution in [2.45, 2.75) is 56.0 Å². The highest BCUT2D eigenvalue weighted by Crippen LogP contribution is 2.50. The topological polar surface area (TPSA) is 62.8 Å². The molecule has 37 heavy (non-hydrogen) atoms. The number of hydrogen-bond acceptors (Lipinski definition) is 4. The van der Waals surface area contributed by atoms with Gasteiger partial charge in [-0.05, 0) is 69.1 Å². The number of methoxy groups -OCH3 is 1. The van der Waals surface area contributed by atoms with Gasteiger partial charge in [-0.2, -0.15) is 22.0 Å². The summed E-state index contributed by atoms with van der Waals surface area (Å²) in [4.78, 5) is 14.7. The second-order valence-corrected chi connectivity index (χ2v) is 9.38. The van der Waals surface area contributed by atoms with Crippen molar-refractivity contribution in [3.8, 4) is 11.5 Å². The second-order valence-electron chi connectivity index (χ2n) is 9.38. The Morgan fingerprint density at radius 3 is 2.59 bits per heavy atom. The van der Waals surface area contributed by atoms with E-state index in [4.69, 9.17) is 4.74 Å². The van der Waals surface area contributed by atoms with Crippen molar-refractivity contribution in [1.29, 1.82) is 0 Å². The molecule has 12 heteroatoms. The van der Waals surface area contributed by atoms with E-state index in [1.54, 1.807) is 12.1 Å². The maximum atomic E-state index is 14.3. The van der Waals surface area contributed by atoms with Gasteiger partial charge in [0.15, 0.2) is 17.3 Å². The molecule has 1 aliphatic heterocycles. The summed E-state index contributed by atoms with van der Waals surface area (Å²) in [6, 6.07) is 6.50. The van der Waals surface area contributed by atoms with Crippen LogP contribution in [-0.4, -0.2) is 50.3 Å². The van der Waals surface area contributed by atoms with E-state index in [1.165, 1.54) is 13.2 Å². The molecule has 3 atom stereocenters. The molecule has 202 valence electrons. The van der Waals surface area contributed by atoms with Crippen LogP contribution in [0.3, 0.4) is 0 Å². The van der Waals surface area contributed by atoms with E-state index in [0.29, 0.717) is 25.3 Å². The molecule has 1 heterocycles. The van der Waals surface area contributed by atoms with Gasteiger partial charge in [0.2, 0.25) is 0 Å². The zero-order chi connectivity index (χ0) is 27.0. The summed E-state index contributed by atoms with van der Waals surface area (Å²) in [5, 5.41) is 4.94. The van der Waals surface area contributed by atoms with Crippen molar-refractivity contribution < 1.29 is 40.6 Å². The molecule has 0 spiro atoms. The molecule has 1 saturated carbocycles. The number of carbonyl (C=O) groups is 1. The van der Waals surface area contributed by atoms with Crippen LogP contribution in [0.2, 0.25) is 0 Å². The molecular formula is C25H27F6N3O3. The fourth-order valence-corrected chi connectivity index (χ4v) is 5.61. The number of anilines is 1. The third-order valence-corrected chi connectivity index (χ3v) is 7.37. The lowest BCUT2D eigenvalue weighted by Crippen LogP contribution is -2.52. The average Bonchev–Trinajstić information content (AvgIpc) is 3.16. The molecule has 0 unspecified atom stereocenters. The van der Waals surface area contributed by atoms with Crippen LogP contribution in [0.5, 0.6) is 11.5 Å². The maximum Gasteiger partial charge on any atom is 0.419 e. The summed E-state index contributed by atoms with van der Waals surface area (Å²) < 4.78 is 88.5. The Morgan fingerprint density at radius 2 is 1.92 bits per heavy atom. The highest BCUT2D eigenvalue weighted by molar-refractivity contribution is 5.89. The monoisotopic (exact) mass is 531 g/mol. The van der Waals surface area contributed by atoms with Gasteiger partial charge in [0.25, 0.3) is 0 Å². The first kappa shape index (κ1) is 26.9. The van der Waals surface area contributed by atoms with Crippen molar-refractivity contribution in [1.82, 2.24) is 10.2 Å². The molecule has 0 radical (unpaired) electrons. The number of carbonyl (C=O) groups excluding carboxylic acids is 1. The molecule has 2 fully saturated rings. The number of nitrogens with zero attached hydrogens (tertiary/aromatic N) is 1. The highest BCUT2D eigenvalue weighted by atomic mass is 19.4. The van der Waals surface area contributed by atoms with E-state index in [1.807, 2.05) is 7.05 Å². The Bertz CT molecular complexity index is 1150. The van der Waals surface area contributed by atoms with Gasteiger partial charge in [0.1, 0.15) is 0 Å². The Kier molecular flexibility index (Phi) is 7.50. The van der Waals surface area contributed by atoms with Crippen molar-refractivity contribution in [3.63, 3.8) is 0 Å². The summed E-state index contributed by atoms with van der Waals surface area (Å²) in [6.07, 6.45) is -2.33. The molecule has 0 aromatic heterocycles. The first-order valence-electron chi connectivity index (χ1n) is 11.7. The van der Waals surface area contributed by atoms with Gasteiger partial charge in [-0.1, -0.05) is 12.1 Å². The Morgan fingerprint density at radius 1 is 1.16 bits per heavy atom. The minimum absolute atomic E-state index is 0.0107. The van der Waals surface area contributed by atoms with Crippen LogP contribution in [0.25, 0.3) is 0 Å². The number of ether oxygens (including phenoxy) is 2. The van der Waals surface area contributed by atoms with Crippen molar-refractivity contribution in [3.05, 3.63) is 53.3 Å². The molecule has 2 N–H and O–H groups in total. The van der Waals surface area contributed by atoms with Crippen LogP contribution in [0.1, 0.15) is 36.8 Å². The predicted octanol–water partition coefficient (Wildman–Crippen LogP) is 5.77. The van der Waals surface area contributed by atoms with E-state index in [9.17, 15) is 31.1 Å². The number of likely N-dealkylation sites (N-methyl/N-ethyl adjacent to an activating group) is 1. The van der Waals surface area contributed by atoms with E-state index < -0.39 is 35.9 Å². The molecule has 2 aromatic rings. The number of urea groups is 1. The maximum absolute atomic E-state index is 14.3. The summed E-state index contributed by atoms with van der Waals surface area (Å²) >= 11 is 0. The lowest BCUT2D eigenvalue weighted by atomic mass is 9.65. The summed E-state index contributed by atoms with van der Waals surface area (Å²) in [6.45, 7) is -2.21. The average molecular weight is 531 g/mol. The van der Waals surface area contributed by atoms with Gasteiger partial charge in [0, 0.05) is 17.5 Å². The summed E-state index contributed by atoms with van der Waals surface area (Å²) in [5.74, 6) is -1.41. The number of fused-ring (bicyclic) bond motifs is 1. The number of hydrogen-bond donors (Lipinski definition) is 2. The van der Waals surface area contributed by atoms with Gasteiger partial charge < -0.3 is 25.0 Å². The number of nitrogens with one attached hydrogen (secondary N) is 2. The number of rotatable bonds is 6. The van der Waals surface area contributed by atoms with Gasteiger partial charge in [0.05, 0.1) is 18.4 Å². The fourth-order valence-electron chi connectivity index (χ4n) is 5.61. The van der Waals surface area contributed by atoms with Crippen LogP contribution in [0.15, 0.2) is 36.4 Å². The SMILES string of the molecule is COc1cc([C@@]23CC[C@H](NC(=O)Nc4cccc(C(F)(F)F)c4F)C[C@H]2N(C)CC3)ccc1OC(F)F. The van der Waals surface area contributed by atoms with Gasteiger partial charge in [-0.3, -0.25) is 0 Å². The molecule has 1 saturated heterocycles. The van der Waals surface area contributed by atoms with Crippen LogP contribution < -0.4 is 20.1 Å².